The lowest BCUT2D eigenvalue weighted by atomic mass is 9.91. The molecule has 2 rings (SSSR count). The van der Waals surface area contributed by atoms with Crippen LogP contribution in [0.3, 0.4) is 0 Å². The number of esters is 1. The molecule has 2 aromatic rings. The van der Waals surface area contributed by atoms with Crippen molar-refractivity contribution < 1.29 is 13.9 Å². The Hall–Kier alpha value is -1.88. The quantitative estimate of drug-likeness (QED) is 0.843. The molecule has 2 aromatic carbocycles. The summed E-state index contributed by atoms with van der Waals surface area (Å²) >= 11 is 3.45. The fourth-order valence-corrected chi connectivity index (χ4v) is 2.80. The molecule has 1 atom stereocenters. The largest absolute Gasteiger partial charge is 0.467 e. The van der Waals surface area contributed by atoms with Gasteiger partial charge in [-0.3, -0.25) is 0 Å². The molecule has 0 saturated heterocycles. The van der Waals surface area contributed by atoms with E-state index >= 15 is 0 Å². The molecule has 0 spiro atoms. The highest BCUT2D eigenvalue weighted by molar-refractivity contribution is 9.10. The van der Waals surface area contributed by atoms with Crippen molar-refractivity contribution in [1.29, 1.82) is 0 Å². The Bertz CT molecular complexity index is 645. The van der Waals surface area contributed by atoms with Crippen LogP contribution in [0.25, 0.3) is 0 Å². The highest BCUT2D eigenvalue weighted by Crippen LogP contribution is 2.32. The summed E-state index contributed by atoms with van der Waals surface area (Å²) in [5, 5.41) is 3.12. The van der Waals surface area contributed by atoms with Gasteiger partial charge < -0.3 is 10.1 Å². The predicted molar refractivity (Wildman–Crippen MR) is 83.5 cm³/mol. The zero-order valence-electron chi connectivity index (χ0n) is 11.7. The lowest BCUT2D eigenvalue weighted by Crippen LogP contribution is -2.41. The molecule has 0 amide bonds. The van der Waals surface area contributed by atoms with Crippen molar-refractivity contribution in [3.8, 4) is 0 Å². The highest BCUT2D eigenvalue weighted by Gasteiger charge is 2.37. The number of carbonyl (C=O) groups excluding carboxylic acids is 1. The number of methoxy groups -OCH3 is 1. The standard InChI is InChI=1S/C16H15BrFNO2/c1-16(15(20)21-2,13-5-3-4-6-14(13)17)19-12-9-7-11(18)8-10-12/h3-10,19H,1-2H3. The lowest BCUT2D eigenvalue weighted by molar-refractivity contribution is -0.145. The van der Waals surface area contributed by atoms with Crippen LogP contribution in [0.15, 0.2) is 53.0 Å². The van der Waals surface area contributed by atoms with Crippen LogP contribution in [-0.4, -0.2) is 13.1 Å². The van der Waals surface area contributed by atoms with Gasteiger partial charge in [0, 0.05) is 15.7 Å². The molecule has 0 fully saturated rings. The summed E-state index contributed by atoms with van der Waals surface area (Å²) in [5.74, 6) is -0.764. The number of carbonyl (C=O) groups is 1. The normalized spacial score (nSPS) is 13.3. The molecule has 0 bridgehead atoms. The van der Waals surface area contributed by atoms with Crippen LogP contribution in [0, 0.1) is 5.82 Å². The van der Waals surface area contributed by atoms with E-state index in [-0.39, 0.29) is 5.82 Å². The second-order valence-corrected chi connectivity index (χ2v) is 5.58. The molecule has 0 aromatic heterocycles. The van der Waals surface area contributed by atoms with Crippen LogP contribution in [0.2, 0.25) is 0 Å². The minimum atomic E-state index is -1.09. The summed E-state index contributed by atoms with van der Waals surface area (Å²) in [6, 6.07) is 13.2. The molecule has 1 unspecified atom stereocenters. The van der Waals surface area contributed by atoms with E-state index in [9.17, 15) is 9.18 Å². The number of anilines is 1. The van der Waals surface area contributed by atoms with E-state index in [2.05, 4.69) is 21.2 Å². The molecule has 5 heteroatoms. The zero-order valence-corrected chi connectivity index (χ0v) is 13.3. The van der Waals surface area contributed by atoms with Crippen LogP contribution in [0.1, 0.15) is 12.5 Å². The van der Waals surface area contributed by atoms with Crippen LogP contribution < -0.4 is 5.32 Å². The SMILES string of the molecule is COC(=O)C(C)(Nc1ccc(F)cc1)c1ccccc1Br. The lowest BCUT2D eigenvalue weighted by Gasteiger charge is -2.30. The molecule has 0 saturated carbocycles. The van der Waals surface area contributed by atoms with E-state index in [0.29, 0.717) is 5.69 Å². The Kier molecular flexibility index (Phi) is 4.63. The van der Waals surface area contributed by atoms with Crippen molar-refractivity contribution in [1.82, 2.24) is 0 Å². The van der Waals surface area contributed by atoms with E-state index in [1.807, 2.05) is 24.3 Å². The van der Waals surface area contributed by atoms with Gasteiger partial charge in [-0.2, -0.15) is 0 Å². The molecule has 110 valence electrons. The fourth-order valence-electron chi connectivity index (χ4n) is 2.12. The monoisotopic (exact) mass is 351 g/mol. The Morgan fingerprint density at radius 1 is 1.19 bits per heavy atom. The fraction of sp³-hybridized carbons (Fsp3) is 0.188. The topological polar surface area (TPSA) is 38.3 Å². The summed E-state index contributed by atoms with van der Waals surface area (Å²) in [6.07, 6.45) is 0. The highest BCUT2D eigenvalue weighted by atomic mass is 79.9. The Labute approximate surface area is 131 Å². The maximum Gasteiger partial charge on any atom is 0.335 e. The number of rotatable bonds is 4. The Morgan fingerprint density at radius 3 is 2.38 bits per heavy atom. The van der Waals surface area contributed by atoms with Crippen LogP contribution >= 0.6 is 15.9 Å². The molecule has 1 N–H and O–H groups in total. The molecule has 3 nitrogen and oxygen atoms in total. The molecule has 0 heterocycles. The van der Waals surface area contributed by atoms with Crippen molar-refractivity contribution >= 4 is 27.6 Å². The summed E-state index contributed by atoms with van der Waals surface area (Å²) in [6.45, 7) is 1.72. The third-order valence-corrected chi connectivity index (χ3v) is 3.94. The van der Waals surface area contributed by atoms with Gasteiger partial charge in [-0.25, -0.2) is 9.18 Å². The smallest absolute Gasteiger partial charge is 0.335 e. The van der Waals surface area contributed by atoms with Crippen molar-refractivity contribution in [2.75, 3.05) is 12.4 Å². The van der Waals surface area contributed by atoms with E-state index in [4.69, 9.17) is 4.74 Å². The molecule has 0 aliphatic heterocycles. The van der Waals surface area contributed by atoms with Crippen molar-refractivity contribution in [2.24, 2.45) is 0 Å². The van der Waals surface area contributed by atoms with Crippen molar-refractivity contribution in [3.63, 3.8) is 0 Å². The number of hydrogen-bond acceptors (Lipinski definition) is 3. The van der Waals surface area contributed by atoms with Crippen LogP contribution in [-0.2, 0) is 15.1 Å². The summed E-state index contributed by atoms with van der Waals surface area (Å²) < 4.78 is 18.7. The van der Waals surface area contributed by atoms with Gasteiger partial charge >= 0.3 is 5.97 Å². The van der Waals surface area contributed by atoms with Gasteiger partial charge in [-0.05, 0) is 37.3 Å². The van der Waals surface area contributed by atoms with Crippen molar-refractivity contribution in [2.45, 2.75) is 12.5 Å². The van der Waals surface area contributed by atoms with E-state index in [1.54, 1.807) is 19.1 Å². The maximum atomic E-state index is 13.0. The summed E-state index contributed by atoms with van der Waals surface area (Å²) in [5.41, 5.74) is 0.272. The first-order chi connectivity index (χ1) is 9.97. The number of hydrogen-bond donors (Lipinski definition) is 1. The minimum Gasteiger partial charge on any atom is -0.467 e. The molecule has 0 aliphatic rings. The maximum absolute atomic E-state index is 13.0. The van der Waals surface area contributed by atoms with Gasteiger partial charge in [-0.15, -0.1) is 0 Å². The Balaban J connectivity index is 2.45. The first-order valence-corrected chi connectivity index (χ1v) is 7.14. The molecule has 0 aliphatic carbocycles. The Morgan fingerprint density at radius 2 is 1.81 bits per heavy atom. The van der Waals surface area contributed by atoms with Gasteiger partial charge in [-0.1, -0.05) is 34.1 Å². The molecule has 21 heavy (non-hydrogen) atoms. The summed E-state index contributed by atoms with van der Waals surface area (Å²) in [4.78, 5) is 12.3. The van der Waals surface area contributed by atoms with E-state index < -0.39 is 11.5 Å². The zero-order chi connectivity index (χ0) is 15.5. The van der Waals surface area contributed by atoms with Crippen LogP contribution in [0.4, 0.5) is 10.1 Å². The number of benzene rings is 2. The minimum absolute atomic E-state index is 0.332. The number of halogens is 2. The predicted octanol–water partition coefficient (Wildman–Crippen LogP) is 4.09. The molecule has 0 radical (unpaired) electrons. The van der Waals surface area contributed by atoms with E-state index in [1.165, 1.54) is 19.2 Å². The van der Waals surface area contributed by atoms with Gasteiger partial charge in [0.2, 0.25) is 0 Å². The van der Waals surface area contributed by atoms with Gasteiger partial charge in [0.15, 0.2) is 5.54 Å². The molecular weight excluding hydrogens is 337 g/mol. The van der Waals surface area contributed by atoms with Gasteiger partial charge in [0.05, 0.1) is 7.11 Å². The number of ether oxygens (including phenoxy) is 1. The first kappa shape index (κ1) is 15.5. The average molecular weight is 352 g/mol. The summed E-state index contributed by atoms with van der Waals surface area (Å²) in [7, 11) is 1.34. The second-order valence-electron chi connectivity index (χ2n) is 4.73. The van der Waals surface area contributed by atoms with Gasteiger partial charge in [0.1, 0.15) is 5.82 Å². The van der Waals surface area contributed by atoms with Crippen LogP contribution in [0.5, 0.6) is 0 Å². The van der Waals surface area contributed by atoms with E-state index in [0.717, 1.165) is 10.0 Å². The third-order valence-electron chi connectivity index (χ3n) is 3.24. The van der Waals surface area contributed by atoms with Gasteiger partial charge in [0.25, 0.3) is 0 Å². The molecular formula is C16H15BrFNO2. The van der Waals surface area contributed by atoms with Crippen molar-refractivity contribution in [3.05, 3.63) is 64.4 Å². The third kappa shape index (κ3) is 3.24. The second kappa shape index (κ2) is 6.26. The average Bonchev–Trinajstić information content (AvgIpc) is 2.49. The number of nitrogens with one attached hydrogen (secondary N) is 1. The first-order valence-electron chi connectivity index (χ1n) is 6.34.